The van der Waals surface area contributed by atoms with Crippen LogP contribution in [0.3, 0.4) is 0 Å². The molecule has 9 heteroatoms. The second-order valence-corrected chi connectivity index (χ2v) is 7.42. The van der Waals surface area contributed by atoms with Crippen molar-refractivity contribution in [3.05, 3.63) is 59.1 Å². The molecule has 1 atom stereocenters. The number of hydrogen-bond donors (Lipinski definition) is 2. The van der Waals surface area contributed by atoms with E-state index in [1.54, 1.807) is 9.36 Å². The van der Waals surface area contributed by atoms with Gasteiger partial charge in [-0.3, -0.25) is 4.79 Å². The first kappa shape index (κ1) is 18.6. The molecule has 3 aromatic rings. The van der Waals surface area contributed by atoms with Gasteiger partial charge in [0.25, 0.3) is 0 Å². The summed E-state index contributed by atoms with van der Waals surface area (Å²) < 4.78 is 3.40. The normalized spacial score (nSPS) is 16.0. The van der Waals surface area contributed by atoms with E-state index in [1.807, 2.05) is 56.7 Å². The first-order valence-corrected chi connectivity index (χ1v) is 9.59. The van der Waals surface area contributed by atoms with E-state index in [9.17, 15) is 4.79 Å². The number of amides is 1. The number of benzene rings is 1. The molecule has 0 aliphatic heterocycles. The Morgan fingerprint density at radius 3 is 2.82 bits per heavy atom. The standard InChI is InChI=1S/C19H22ClN7O/c1-13(21-2)16-12-27(25-23-16)19(8-9-19)18(28)22-11-14-7-10-26(24-14)17-6-4-3-5-15(17)20/h3-7,10,12-13,21H,8-9,11H2,1-2H3,(H,22,28). The monoisotopic (exact) mass is 399 g/mol. The van der Waals surface area contributed by atoms with E-state index < -0.39 is 5.54 Å². The van der Waals surface area contributed by atoms with Crippen molar-refractivity contribution in [1.82, 2.24) is 35.4 Å². The van der Waals surface area contributed by atoms with Crippen molar-refractivity contribution in [3.63, 3.8) is 0 Å². The number of rotatable bonds is 7. The van der Waals surface area contributed by atoms with E-state index in [4.69, 9.17) is 11.6 Å². The zero-order valence-corrected chi connectivity index (χ0v) is 16.5. The minimum Gasteiger partial charge on any atom is -0.348 e. The van der Waals surface area contributed by atoms with Gasteiger partial charge in [-0.25, -0.2) is 9.36 Å². The molecule has 1 aliphatic carbocycles. The van der Waals surface area contributed by atoms with Crippen LogP contribution in [-0.4, -0.2) is 37.7 Å². The number of carbonyl (C=O) groups is 1. The Balaban J connectivity index is 1.42. The molecule has 0 spiro atoms. The summed E-state index contributed by atoms with van der Waals surface area (Å²) in [4.78, 5) is 12.8. The lowest BCUT2D eigenvalue weighted by Crippen LogP contribution is -2.38. The Morgan fingerprint density at radius 2 is 2.11 bits per heavy atom. The van der Waals surface area contributed by atoms with Crippen molar-refractivity contribution in [3.8, 4) is 5.69 Å². The molecule has 1 unspecified atom stereocenters. The SMILES string of the molecule is CNC(C)c1cn(C2(C(=O)NCc3ccn(-c4ccccc4Cl)n3)CC2)nn1. The largest absolute Gasteiger partial charge is 0.348 e. The molecule has 28 heavy (non-hydrogen) atoms. The van der Waals surface area contributed by atoms with Gasteiger partial charge >= 0.3 is 0 Å². The van der Waals surface area contributed by atoms with Crippen LogP contribution in [-0.2, 0) is 16.9 Å². The zero-order chi connectivity index (χ0) is 19.7. The topological polar surface area (TPSA) is 89.7 Å². The van der Waals surface area contributed by atoms with Gasteiger partial charge in [-0.15, -0.1) is 5.10 Å². The molecule has 2 N–H and O–H groups in total. The molecule has 1 aliphatic rings. The maximum Gasteiger partial charge on any atom is 0.248 e. The van der Waals surface area contributed by atoms with E-state index in [1.165, 1.54) is 0 Å². The third-order valence-electron chi connectivity index (χ3n) is 5.15. The van der Waals surface area contributed by atoms with E-state index in [-0.39, 0.29) is 11.9 Å². The van der Waals surface area contributed by atoms with Gasteiger partial charge in [-0.05, 0) is 45.0 Å². The van der Waals surface area contributed by atoms with Gasteiger partial charge in [0, 0.05) is 12.2 Å². The number of halogens is 1. The Bertz CT molecular complexity index is 992. The van der Waals surface area contributed by atoms with E-state index in [0.717, 1.165) is 29.9 Å². The molecule has 4 rings (SSSR count). The minimum atomic E-state index is -0.635. The minimum absolute atomic E-state index is 0.0617. The molecule has 146 valence electrons. The second-order valence-electron chi connectivity index (χ2n) is 7.02. The quantitative estimate of drug-likeness (QED) is 0.635. The van der Waals surface area contributed by atoms with Gasteiger partial charge in [0.2, 0.25) is 5.91 Å². The van der Waals surface area contributed by atoms with Crippen molar-refractivity contribution < 1.29 is 4.79 Å². The number of nitrogens with zero attached hydrogens (tertiary/aromatic N) is 5. The van der Waals surface area contributed by atoms with E-state index >= 15 is 0 Å². The summed E-state index contributed by atoms with van der Waals surface area (Å²) in [5.74, 6) is -0.0617. The number of nitrogens with one attached hydrogen (secondary N) is 2. The highest BCUT2D eigenvalue weighted by molar-refractivity contribution is 6.32. The summed E-state index contributed by atoms with van der Waals surface area (Å²) in [5, 5.41) is 19.6. The maximum atomic E-state index is 12.8. The Morgan fingerprint density at radius 1 is 1.32 bits per heavy atom. The molecular weight excluding hydrogens is 378 g/mol. The van der Waals surface area contributed by atoms with Crippen LogP contribution in [0.15, 0.2) is 42.7 Å². The molecule has 1 fully saturated rings. The third kappa shape index (κ3) is 3.41. The summed E-state index contributed by atoms with van der Waals surface area (Å²) in [5.41, 5.74) is 1.74. The van der Waals surface area contributed by atoms with Crippen molar-refractivity contribution in [2.75, 3.05) is 7.05 Å². The highest BCUT2D eigenvalue weighted by atomic mass is 35.5. The Kier molecular flexibility index (Phi) is 4.91. The fourth-order valence-electron chi connectivity index (χ4n) is 3.07. The maximum absolute atomic E-state index is 12.8. The molecule has 0 bridgehead atoms. The number of para-hydroxylation sites is 1. The van der Waals surface area contributed by atoms with E-state index in [0.29, 0.717) is 11.6 Å². The lowest BCUT2D eigenvalue weighted by Gasteiger charge is -2.14. The Hall–Kier alpha value is -2.71. The average molecular weight is 400 g/mol. The van der Waals surface area contributed by atoms with Gasteiger partial charge < -0.3 is 10.6 Å². The predicted octanol–water partition coefficient (Wildman–Crippen LogP) is 2.20. The van der Waals surface area contributed by atoms with Gasteiger partial charge in [0.15, 0.2) is 0 Å². The fourth-order valence-corrected chi connectivity index (χ4v) is 3.30. The van der Waals surface area contributed by atoms with E-state index in [2.05, 4.69) is 26.0 Å². The number of aromatic nitrogens is 5. The summed E-state index contributed by atoms with van der Waals surface area (Å²) in [7, 11) is 1.87. The van der Waals surface area contributed by atoms with Crippen LogP contribution in [0.2, 0.25) is 5.02 Å². The van der Waals surface area contributed by atoms with Crippen LogP contribution in [0, 0.1) is 0 Å². The van der Waals surface area contributed by atoms with Crippen LogP contribution in [0.4, 0.5) is 0 Å². The van der Waals surface area contributed by atoms with Crippen molar-refractivity contribution >= 4 is 17.5 Å². The predicted molar refractivity (Wildman–Crippen MR) is 105 cm³/mol. The first-order valence-electron chi connectivity index (χ1n) is 9.21. The Labute approximate surface area is 167 Å². The second kappa shape index (κ2) is 7.37. The lowest BCUT2D eigenvalue weighted by molar-refractivity contribution is -0.126. The molecule has 1 amide bonds. The fraction of sp³-hybridized carbons (Fsp3) is 0.368. The van der Waals surface area contributed by atoms with Crippen LogP contribution >= 0.6 is 11.6 Å². The molecule has 0 radical (unpaired) electrons. The third-order valence-corrected chi connectivity index (χ3v) is 5.47. The molecule has 0 saturated heterocycles. The van der Waals surface area contributed by atoms with Gasteiger partial charge in [-0.2, -0.15) is 5.10 Å². The highest BCUT2D eigenvalue weighted by Gasteiger charge is 2.53. The summed E-state index contributed by atoms with van der Waals surface area (Å²) >= 11 is 6.22. The molecule has 2 heterocycles. The average Bonchev–Trinajstić information content (AvgIpc) is 3.15. The highest BCUT2D eigenvalue weighted by Crippen LogP contribution is 2.43. The van der Waals surface area contributed by atoms with Gasteiger partial charge in [0.1, 0.15) is 5.54 Å². The molecule has 8 nitrogen and oxygen atoms in total. The smallest absolute Gasteiger partial charge is 0.248 e. The molecular formula is C19H22ClN7O. The van der Waals surface area contributed by atoms with Gasteiger partial charge in [-0.1, -0.05) is 28.9 Å². The van der Waals surface area contributed by atoms with Crippen molar-refractivity contribution in [2.45, 2.75) is 37.9 Å². The zero-order valence-electron chi connectivity index (χ0n) is 15.8. The van der Waals surface area contributed by atoms with Crippen molar-refractivity contribution in [2.24, 2.45) is 0 Å². The summed E-state index contributed by atoms with van der Waals surface area (Å²) in [6, 6.07) is 9.44. The van der Waals surface area contributed by atoms with Crippen LogP contribution in [0.5, 0.6) is 0 Å². The molecule has 2 aromatic heterocycles. The van der Waals surface area contributed by atoms with Crippen molar-refractivity contribution in [1.29, 1.82) is 0 Å². The summed E-state index contributed by atoms with van der Waals surface area (Å²) in [6.45, 7) is 2.34. The molecule has 1 saturated carbocycles. The molecule has 1 aromatic carbocycles. The number of carbonyl (C=O) groups excluding carboxylic acids is 1. The van der Waals surface area contributed by atoms with Crippen LogP contribution in [0.25, 0.3) is 5.69 Å². The van der Waals surface area contributed by atoms with Gasteiger partial charge in [0.05, 0.1) is 34.8 Å². The summed E-state index contributed by atoms with van der Waals surface area (Å²) in [6.07, 6.45) is 5.19. The number of hydrogen-bond acceptors (Lipinski definition) is 5. The lowest BCUT2D eigenvalue weighted by atomic mass is 10.2. The van der Waals surface area contributed by atoms with Crippen LogP contribution < -0.4 is 10.6 Å². The first-order chi connectivity index (χ1) is 13.5. The van der Waals surface area contributed by atoms with Crippen LogP contribution in [0.1, 0.15) is 37.2 Å².